The molecule has 0 spiro atoms. The molecule has 0 fully saturated rings. The van der Waals surface area contributed by atoms with Crippen molar-refractivity contribution in [1.29, 1.82) is 0 Å². The van der Waals surface area contributed by atoms with E-state index in [4.69, 9.17) is 12.2 Å². The van der Waals surface area contributed by atoms with Gasteiger partial charge in [-0.15, -0.1) is 6.42 Å². The number of esters is 1. The fraction of sp³-hybridized carbons (Fsp3) is 0.182. The molecule has 0 aromatic heterocycles. The summed E-state index contributed by atoms with van der Waals surface area (Å²) in [6.07, 6.45) is 5.28. The minimum absolute atomic E-state index is 0.282. The average molecular weight is 268 g/mol. The summed E-state index contributed by atoms with van der Waals surface area (Å²) in [5, 5.41) is 0. The van der Waals surface area contributed by atoms with E-state index in [9.17, 15) is 4.79 Å². The molecule has 0 bridgehead atoms. The van der Waals surface area contributed by atoms with Gasteiger partial charge in [-0.25, -0.2) is 4.79 Å². The van der Waals surface area contributed by atoms with Gasteiger partial charge in [0.25, 0.3) is 0 Å². The third-order valence-electron chi connectivity index (χ3n) is 2.11. The molecule has 1 rings (SSSR count). The Balaban J connectivity index is 3.56. The van der Waals surface area contributed by atoms with Crippen LogP contribution in [0.25, 0.3) is 0 Å². The molecule has 15 heavy (non-hydrogen) atoms. The summed E-state index contributed by atoms with van der Waals surface area (Å²) in [4.78, 5) is 11.5. The van der Waals surface area contributed by atoms with Crippen molar-refractivity contribution in [2.24, 2.45) is 0 Å². The van der Waals surface area contributed by atoms with Crippen LogP contribution in [0.5, 0.6) is 0 Å². The number of ether oxygens (including phenoxy) is 1. The maximum atomic E-state index is 11.5. The molecule has 1 aromatic rings. The molecule has 0 aliphatic carbocycles. The van der Waals surface area contributed by atoms with E-state index in [0.29, 0.717) is 11.1 Å². The molecule has 3 nitrogen and oxygen atoms in total. The first-order chi connectivity index (χ1) is 7.02. The van der Waals surface area contributed by atoms with E-state index in [1.165, 1.54) is 7.11 Å². The lowest BCUT2D eigenvalue weighted by Crippen LogP contribution is -2.10. The molecular weight excluding hydrogens is 258 g/mol. The van der Waals surface area contributed by atoms with Gasteiger partial charge in [-0.1, -0.05) is 21.9 Å². The van der Waals surface area contributed by atoms with Gasteiger partial charge in [0.15, 0.2) is 0 Å². The molecule has 1 aromatic carbocycles. The maximum absolute atomic E-state index is 11.5. The van der Waals surface area contributed by atoms with E-state index in [1.54, 1.807) is 13.0 Å². The first kappa shape index (κ1) is 11.6. The molecule has 0 heterocycles. The summed E-state index contributed by atoms with van der Waals surface area (Å²) < 4.78 is 5.38. The number of nitrogen functional groups attached to an aromatic ring is 1. The molecule has 0 amide bonds. The highest BCUT2D eigenvalue weighted by molar-refractivity contribution is 9.10. The smallest absolute Gasteiger partial charge is 0.340 e. The third kappa shape index (κ3) is 1.97. The number of carbonyl (C=O) groups excluding carboxylic acids is 1. The van der Waals surface area contributed by atoms with E-state index < -0.39 is 5.97 Å². The van der Waals surface area contributed by atoms with Crippen molar-refractivity contribution in [3.05, 3.63) is 27.2 Å². The monoisotopic (exact) mass is 267 g/mol. The molecular formula is C11H10BrNO2. The second-order valence-electron chi connectivity index (χ2n) is 2.96. The Labute approximate surface area is 96.7 Å². The average Bonchev–Trinajstić information content (AvgIpc) is 2.23. The van der Waals surface area contributed by atoms with Crippen LogP contribution >= 0.6 is 15.9 Å². The number of methoxy groups -OCH3 is 1. The number of hydrogen-bond donors (Lipinski definition) is 1. The molecule has 0 radical (unpaired) electrons. The number of anilines is 1. The van der Waals surface area contributed by atoms with Crippen LogP contribution < -0.4 is 5.73 Å². The summed E-state index contributed by atoms with van der Waals surface area (Å²) in [7, 11) is 1.30. The zero-order valence-electron chi connectivity index (χ0n) is 8.43. The second kappa shape index (κ2) is 4.37. The van der Waals surface area contributed by atoms with Crippen LogP contribution in [0.3, 0.4) is 0 Å². The number of nitrogens with two attached hydrogens (primary N) is 1. The predicted molar refractivity (Wildman–Crippen MR) is 62.6 cm³/mol. The standard InChI is InChI=1S/C11H10BrNO2/c1-4-7-5-8(12)6(2)9(10(7)13)11(14)15-3/h1,5H,13H2,2-3H3. The quantitative estimate of drug-likeness (QED) is 0.482. The summed E-state index contributed by atoms with van der Waals surface area (Å²) in [6, 6.07) is 1.71. The van der Waals surface area contributed by atoms with Crippen LogP contribution in [0, 0.1) is 19.3 Å². The Morgan fingerprint density at radius 2 is 2.27 bits per heavy atom. The van der Waals surface area contributed by atoms with Crippen molar-refractivity contribution < 1.29 is 9.53 Å². The zero-order chi connectivity index (χ0) is 11.6. The fourth-order valence-corrected chi connectivity index (χ4v) is 1.68. The van der Waals surface area contributed by atoms with Gasteiger partial charge in [-0.2, -0.15) is 0 Å². The van der Waals surface area contributed by atoms with Crippen molar-refractivity contribution in [1.82, 2.24) is 0 Å². The Morgan fingerprint density at radius 1 is 1.67 bits per heavy atom. The molecule has 0 saturated heterocycles. The Kier molecular flexibility index (Phi) is 3.38. The van der Waals surface area contributed by atoms with Crippen LogP contribution in [-0.4, -0.2) is 13.1 Å². The zero-order valence-corrected chi connectivity index (χ0v) is 10.0. The normalized spacial score (nSPS) is 9.47. The number of halogens is 1. The minimum atomic E-state index is -0.484. The molecule has 2 N–H and O–H groups in total. The third-order valence-corrected chi connectivity index (χ3v) is 2.93. The lowest BCUT2D eigenvalue weighted by atomic mass is 10.0. The van der Waals surface area contributed by atoms with E-state index >= 15 is 0 Å². The molecule has 4 heteroatoms. The van der Waals surface area contributed by atoms with Gasteiger partial charge in [0.2, 0.25) is 0 Å². The van der Waals surface area contributed by atoms with E-state index in [0.717, 1.165) is 10.0 Å². The fourth-order valence-electron chi connectivity index (χ4n) is 1.25. The van der Waals surface area contributed by atoms with Crippen molar-refractivity contribution in [3.8, 4) is 12.3 Å². The molecule has 0 saturated carbocycles. The molecule has 78 valence electrons. The summed E-state index contributed by atoms with van der Waals surface area (Å²) in [6.45, 7) is 1.77. The van der Waals surface area contributed by atoms with Crippen molar-refractivity contribution in [2.45, 2.75) is 6.92 Å². The highest BCUT2D eigenvalue weighted by Gasteiger charge is 2.18. The SMILES string of the molecule is C#Cc1cc(Br)c(C)c(C(=O)OC)c1N. The summed E-state index contributed by atoms with van der Waals surface area (Å²) >= 11 is 3.31. The Morgan fingerprint density at radius 3 is 2.73 bits per heavy atom. The first-order valence-electron chi connectivity index (χ1n) is 4.16. The lowest BCUT2D eigenvalue weighted by molar-refractivity contribution is 0.0601. The van der Waals surface area contributed by atoms with Crippen LogP contribution in [0.4, 0.5) is 5.69 Å². The lowest BCUT2D eigenvalue weighted by Gasteiger charge is -2.11. The molecule has 0 atom stereocenters. The van der Waals surface area contributed by atoms with Crippen molar-refractivity contribution in [2.75, 3.05) is 12.8 Å². The van der Waals surface area contributed by atoms with Gasteiger partial charge >= 0.3 is 5.97 Å². The summed E-state index contributed by atoms with van der Waals surface area (Å²) in [5.74, 6) is 1.94. The largest absolute Gasteiger partial charge is 0.465 e. The second-order valence-corrected chi connectivity index (χ2v) is 3.81. The maximum Gasteiger partial charge on any atom is 0.340 e. The predicted octanol–water partition coefficient (Wildman–Crippen LogP) is 2.11. The van der Waals surface area contributed by atoms with Gasteiger partial charge in [-0.05, 0) is 18.6 Å². The number of benzene rings is 1. The van der Waals surface area contributed by atoms with Gasteiger partial charge < -0.3 is 10.5 Å². The first-order valence-corrected chi connectivity index (χ1v) is 4.95. The van der Waals surface area contributed by atoms with Crippen molar-refractivity contribution >= 4 is 27.6 Å². The highest BCUT2D eigenvalue weighted by atomic mass is 79.9. The molecule has 0 aliphatic heterocycles. The van der Waals surface area contributed by atoms with Crippen LogP contribution in [0.1, 0.15) is 21.5 Å². The van der Waals surface area contributed by atoms with Crippen LogP contribution in [0.15, 0.2) is 10.5 Å². The minimum Gasteiger partial charge on any atom is -0.465 e. The number of rotatable bonds is 1. The van der Waals surface area contributed by atoms with Gasteiger partial charge in [0.05, 0.1) is 18.4 Å². The Hall–Kier alpha value is -1.47. The number of carbonyl (C=O) groups is 1. The van der Waals surface area contributed by atoms with Gasteiger partial charge in [-0.3, -0.25) is 0 Å². The molecule has 0 unspecified atom stereocenters. The van der Waals surface area contributed by atoms with E-state index in [-0.39, 0.29) is 5.69 Å². The molecule has 0 aliphatic rings. The summed E-state index contributed by atoms with van der Waals surface area (Å²) in [5.41, 5.74) is 7.58. The number of terminal acetylenes is 1. The van der Waals surface area contributed by atoms with E-state index in [1.807, 2.05) is 0 Å². The number of hydrogen-bond acceptors (Lipinski definition) is 3. The van der Waals surface area contributed by atoms with Crippen LogP contribution in [0.2, 0.25) is 0 Å². The Bertz CT molecular complexity index is 461. The van der Waals surface area contributed by atoms with Crippen LogP contribution in [-0.2, 0) is 4.74 Å². The van der Waals surface area contributed by atoms with Gasteiger partial charge in [0.1, 0.15) is 0 Å². The topological polar surface area (TPSA) is 52.3 Å². The van der Waals surface area contributed by atoms with Gasteiger partial charge in [0, 0.05) is 10.0 Å². The van der Waals surface area contributed by atoms with Crippen molar-refractivity contribution in [3.63, 3.8) is 0 Å². The van der Waals surface area contributed by atoms with E-state index in [2.05, 4.69) is 26.6 Å². The highest BCUT2D eigenvalue weighted by Crippen LogP contribution is 2.28.